The fraction of sp³-hybridized carbons (Fsp3) is 0.0476. The average molecular weight is 483 g/mol. The first-order valence-electron chi connectivity index (χ1n) is 8.72. The van der Waals surface area contributed by atoms with Crippen LogP contribution in [0.2, 0.25) is 10.0 Å². The second-order valence-electron chi connectivity index (χ2n) is 6.30. The third kappa shape index (κ3) is 4.66. The van der Waals surface area contributed by atoms with Crippen LogP contribution in [0, 0.1) is 0 Å². The van der Waals surface area contributed by atoms with E-state index in [0.29, 0.717) is 27.1 Å². The predicted molar refractivity (Wildman–Crippen MR) is 116 cm³/mol. The van der Waals surface area contributed by atoms with Crippen molar-refractivity contribution in [2.45, 2.75) is 6.18 Å². The van der Waals surface area contributed by atoms with Gasteiger partial charge in [-0.1, -0.05) is 41.4 Å². The summed E-state index contributed by atoms with van der Waals surface area (Å²) < 4.78 is 45.2. The third-order valence-electron chi connectivity index (χ3n) is 4.19. The van der Waals surface area contributed by atoms with Crippen LogP contribution >= 0.6 is 35.0 Å². The second kappa shape index (κ2) is 8.45. The molecular formula is C21H11Cl2F3N2O2S. The lowest BCUT2D eigenvalue weighted by molar-refractivity contribution is -0.137. The van der Waals surface area contributed by atoms with Gasteiger partial charge >= 0.3 is 6.18 Å². The molecule has 4 nitrogen and oxygen atoms in total. The Labute approximate surface area is 188 Å². The smallest absolute Gasteiger partial charge is 0.418 e. The van der Waals surface area contributed by atoms with Gasteiger partial charge in [-0.25, -0.2) is 4.99 Å². The van der Waals surface area contributed by atoms with Crippen molar-refractivity contribution in [1.82, 2.24) is 5.32 Å². The number of nitrogens with zero attached hydrogens (tertiary/aromatic N) is 1. The zero-order chi connectivity index (χ0) is 22.2. The van der Waals surface area contributed by atoms with Crippen LogP contribution in [0.15, 0.2) is 68.9 Å². The lowest BCUT2D eigenvalue weighted by Crippen LogP contribution is -2.19. The summed E-state index contributed by atoms with van der Waals surface area (Å²) in [6.45, 7) is 0. The molecule has 1 aliphatic heterocycles. The van der Waals surface area contributed by atoms with Gasteiger partial charge in [0.2, 0.25) is 0 Å². The van der Waals surface area contributed by atoms with Crippen LogP contribution in [0.5, 0.6) is 0 Å². The van der Waals surface area contributed by atoms with Crippen molar-refractivity contribution in [3.63, 3.8) is 0 Å². The van der Waals surface area contributed by atoms with Gasteiger partial charge < -0.3 is 9.73 Å². The van der Waals surface area contributed by atoms with E-state index in [2.05, 4.69) is 10.3 Å². The molecule has 31 heavy (non-hydrogen) atoms. The molecule has 158 valence electrons. The Hall–Kier alpha value is -2.68. The van der Waals surface area contributed by atoms with E-state index in [-0.39, 0.29) is 15.8 Å². The number of hydrogen-bond donors (Lipinski definition) is 1. The lowest BCUT2D eigenvalue weighted by atomic mass is 10.2. The van der Waals surface area contributed by atoms with Crippen molar-refractivity contribution in [2.24, 2.45) is 4.99 Å². The van der Waals surface area contributed by atoms with E-state index in [1.165, 1.54) is 24.3 Å². The molecule has 1 saturated heterocycles. The van der Waals surface area contributed by atoms with Crippen LogP contribution in [0.4, 0.5) is 18.9 Å². The van der Waals surface area contributed by atoms with Gasteiger partial charge in [-0.3, -0.25) is 4.79 Å². The molecule has 1 fully saturated rings. The number of halogens is 5. The van der Waals surface area contributed by atoms with Crippen molar-refractivity contribution in [2.75, 3.05) is 0 Å². The second-order valence-corrected chi connectivity index (χ2v) is 8.14. The zero-order valence-corrected chi connectivity index (χ0v) is 17.7. The first kappa shape index (κ1) is 21.5. The molecule has 10 heteroatoms. The van der Waals surface area contributed by atoms with E-state index in [1.807, 2.05) is 0 Å². The third-order valence-corrected chi connectivity index (χ3v) is 5.73. The predicted octanol–water partition coefficient (Wildman–Crippen LogP) is 7.16. The number of nitrogens with one attached hydrogen (secondary N) is 1. The quantitative estimate of drug-likeness (QED) is 0.402. The number of rotatable bonds is 3. The number of furan rings is 1. The van der Waals surface area contributed by atoms with Crippen molar-refractivity contribution in [3.05, 3.63) is 80.9 Å². The van der Waals surface area contributed by atoms with Crippen molar-refractivity contribution < 1.29 is 22.4 Å². The Morgan fingerprint density at radius 3 is 2.42 bits per heavy atom. The van der Waals surface area contributed by atoms with E-state index in [9.17, 15) is 18.0 Å². The highest BCUT2D eigenvalue weighted by Crippen LogP contribution is 2.38. The van der Waals surface area contributed by atoms with Gasteiger partial charge in [0.25, 0.3) is 5.91 Å². The largest absolute Gasteiger partial charge is 0.457 e. The summed E-state index contributed by atoms with van der Waals surface area (Å²) in [5.74, 6) is 0.265. The van der Waals surface area contributed by atoms with Crippen LogP contribution < -0.4 is 5.32 Å². The molecule has 1 aliphatic rings. The van der Waals surface area contributed by atoms with Crippen molar-refractivity contribution in [1.29, 1.82) is 0 Å². The first-order chi connectivity index (χ1) is 14.7. The summed E-state index contributed by atoms with van der Waals surface area (Å²) in [6.07, 6.45) is -3.09. The average Bonchev–Trinajstić information content (AvgIpc) is 3.28. The molecule has 1 aromatic heterocycles. The van der Waals surface area contributed by atoms with Gasteiger partial charge in [-0.2, -0.15) is 13.2 Å². The lowest BCUT2D eigenvalue weighted by Gasteiger charge is -2.09. The summed E-state index contributed by atoms with van der Waals surface area (Å²) in [6, 6.07) is 13.2. The minimum absolute atomic E-state index is 0.0360. The van der Waals surface area contributed by atoms with Crippen molar-refractivity contribution >= 4 is 57.8 Å². The van der Waals surface area contributed by atoms with Gasteiger partial charge in [0.1, 0.15) is 11.5 Å². The van der Waals surface area contributed by atoms with Gasteiger partial charge in [-0.15, -0.1) is 0 Å². The number of para-hydroxylation sites is 1. The number of aliphatic imine (C=N–C) groups is 1. The molecular weight excluding hydrogens is 472 g/mol. The number of carbonyl (C=O) groups is 1. The van der Waals surface area contributed by atoms with Gasteiger partial charge in [-0.05, 0) is 48.2 Å². The van der Waals surface area contributed by atoms with E-state index < -0.39 is 17.6 Å². The van der Waals surface area contributed by atoms with Gasteiger partial charge in [0.05, 0.1) is 31.8 Å². The normalized spacial score (nSPS) is 16.9. The minimum Gasteiger partial charge on any atom is -0.457 e. The van der Waals surface area contributed by atoms with Gasteiger partial charge in [0, 0.05) is 6.08 Å². The van der Waals surface area contributed by atoms with Crippen molar-refractivity contribution in [3.8, 4) is 11.3 Å². The van der Waals surface area contributed by atoms with Gasteiger partial charge in [0.15, 0.2) is 5.17 Å². The Morgan fingerprint density at radius 2 is 1.71 bits per heavy atom. The number of amidine groups is 1. The molecule has 0 spiro atoms. The Bertz CT molecular complexity index is 1220. The topological polar surface area (TPSA) is 54.6 Å². The summed E-state index contributed by atoms with van der Waals surface area (Å²) in [5.41, 5.74) is -0.653. The fourth-order valence-electron chi connectivity index (χ4n) is 2.83. The summed E-state index contributed by atoms with van der Waals surface area (Å²) >= 11 is 13.3. The molecule has 2 aromatic carbocycles. The van der Waals surface area contributed by atoms with E-state index in [4.69, 9.17) is 27.6 Å². The molecule has 0 unspecified atom stereocenters. The summed E-state index contributed by atoms with van der Waals surface area (Å²) in [4.78, 5) is 16.4. The number of hydrogen-bond acceptors (Lipinski definition) is 4. The minimum atomic E-state index is -4.56. The maximum absolute atomic E-state index is 13.2. The fourth-order valence-corrected chi connectivity index (χ4v) is 4.23. The van der Waals surface area contributed by atoms with Crippen LogP contribution in [-0.4, -0.2) is 11.1 Å². The molecule has 0 radical (unpaired) electrons. The number of benzene rings is 2. The molecule has 0 bridgehead atoms. The SMILES string of the molecule is O=C1NC(=Nc2ccccc2C(F)(F)F)S/C1=C/c1ccc(-c2c(Cl)cccc2Cl)o1. The highest BCUT2D eigenvalue weighted by Gasteiger charge is 2.34. The molecule has 4 rings (SSSR count). The molecule has 1 amide bonds. The maximum Gasteiger partial charge on any atom is 0.418 e. The molecule has 0 aliphatic carbocycles. The Balaban J connectivity index is 1.60. The highest BCUT2D eigenvalue weighted by molar-refractivity contribution is 8.18. The molecule has 1 N–H and O–H groups in total. The van der Waals surface area contributed by atoms with E-state index in [0.717, 1.165) is 17.8 Å². The monoisotopic (exact) mass is 482 g/mol. The number of amides is 1. The molecule has 3 aromatic rings. The molecule has 0 saturated carbocycles. The maximum atomic E-state index is 13.2. The van der Waals surface area contributed by atoms with E-state index in [1.54, 1.807) is 30.3 Å². The van der Waals surface area contributed by atoms with Crippen LogP contribution in [-0.2, 0) is 11.0 Å². The molecule has 0 atom stereocenters. The summed E-state index contributed by atoms with van der Waals surface area (Å²) in [7, 11) is 0. The first-order valence-corrected chi connectivity index (χ1v) is 10.3. The Morgan fingerprint density at radius 1 is 1.00 bits per heavy atom. The zero-order valence-electron chi connectivity index (χ0n) is 15.3. The molecule has 2 heterocycles. The van der Waals surface area contributed by atoms with Crippen LogP contribution in [0.3, 0.4) is 0 Å². The van der Waals surface area contributed by atoms with Crippen LogP contribution in [0.1, 0.15) is 11.3 Å². The Kier molecular flexibility index (Phi) is 5.88. The summed E-state index contributed by atoms with van der Waals surface area (Å²) in [5, 5.41) is 3.32. The number of carbonyl (C=O) groups excluding carboxylic acids is 1. The number of thioether (sulfide) groups is 1. The standard InChI is InChI=1S/C21H11Cl2F3N2O2S/c22-13-5-3-6-14(23)18(13)16-9-8-11(30-16)10-17-19(29)28-20(31-17)27-15-7-2-1-4-12(15)21(24,25)26/h1-10H,(H,27,28,29)/b17-10+. The van der Waals surface area contributed by atoms with Crippen LogP contribution in [0.25, 0.3) is 17.4 Å². The van der Waals surface area contributed by atoms with E-state index >= 15 is 0 Å². The highest BCUT2D eigenvalue weighted by atomic mass is 35.5. The number of alkyl halides is 3.